The number of nitrogens with zero attached hydrogens (tertiary/aromatic N) is 1. The van der Waals surface area contributed by atoms with Gasteiger partial charge in [0.1, 0.15) is 28.8 Å². The van der Waals surface area contributed by atoms with Crippen molar-refractivity contribution in [1.82, 2.24) is 5.32 Å². The smallest absolute Gasteiger partial charge is 0.275 e. The van der Waals surface area contributed by atoms with Crippen LogP contribution in [-0.4, -0.2) is 26.0 Å². The van der Waals surface area contributed by atoms with E-state index in [1.54, 1.807) is 50.6 Å². The average molecular weight is 340 g/mol. The van der Waals surface area contributed by atoms with Gasteiger partial charge < -0.3 is 14.8 Å². The lowest BCUT2D eigenvalue weighted by Crippen LogP contribution is -2.25. The second kappa shape index (κ2) is 7.17. The van der Waals surface area contributed by atoms with Crippen LogP contribution in [0.5, 0.6) is 11.5 Å². The Kier molecular flexibility index (Phi) is 4.79. The van der Waals surface area contributed by atoms with Crippen molar-refractivity contribution in [1.29, 1.82) is 0 Å². The summed E-state index contributed by atoms with van der Waals surface area (Å²) in [6.07, 6.45) is 2.06. The van der Waals surface area contributed by atoms with Gasteiger partial charge in [-0.15, -0.1) is 0 Å². The van der Waals surface area contributed by atoms with Crippen molar-refractivity contribution < 1.29 is 18.7 Å². The van der Waals surface area contributed by atoms with Gasteiger partial charge in [0, 0.05) is 12.0 Å². The average Bonchev–Trinajstić information content (AvgIpc) is 2.96. The monoisotopic (exact) mass is 340 g/mol. The molecule has 3 rings (SSSR count). The number of aliphatic imine (C=N–C) groups is 1. The van der Waals surface area contributed by atoms with Crippen molar-refractivity contribution in [3.8, 4) is 11.5 Å². The molecule has 1 heterocycles. The molecular weight excluding hydrogens is 323 g/mol. The maximum atomic E-state index is 13.0. The number of amides is 1. The second-order valence-electron chi connectivity index (χ2n) is 5.45. The summed E-state index contributed by atoms with van der Waals surface area (Å²) in [6, 6.07) is 11.4. The van der Waals surface area contributed by atoms with Gasteiger partial charge in [-0.3, -0.25) is 4.79 Å². The summed E-state index contributed by atoms with van der Waals surface area (Å²) < 4.78 is 23.5. The zero-order chi connectivity index (χ0) is 17.8. The lowest BCUT2D eigenvalue weighted by atomic mass is 10.1. The Labute approximate surface area is 144 Å². The lowest BCUT2D eigenvalue weighted by molar-refractivity contribution is -0.115. The summed E-state index contributed by atoms with van der Waals surface area (Å²) >= 11 is 0. The van der Waals surface area contributed by atoms with E-state index in [4.69, 9.17) is 9.47 Å². The topological polar surface area (TPSA) is 59.9 Å². The molecule has 2 aromatic carbocycles. The predicted octanol–water partition coefficient (Wildman–Crippen LogP) is 2.95. The highest BCUT2D eigenvalue weighted by Gasteiger charge is 2.20. The van der Waals surface area contributed by atoms with Crippen LogP contribution >= 0.6 is 0 Å². The first-order chi connectivity index (χ1) is 12.1. The summed E-state index contributed by atoms with van der Waals surface area (Å²) in [7, 11) is 3.13. The van der Waals surface area contributed by atoms with Crippen molar-refractivity contribution in [3.05, 3.63) is 65.1 Å². The third-order valence-electron chi connectivity index (χ3n) is 3.76. The molecular formula is C19H17FN2O3. The van der Waals surface area contributed by atoms with E-state index in [0.29, 0.717) is 29.3 Å². The predicted molar refractivity (Wildman–Crippen MR) is 93.2 cm³/mol. The fraction of sp³-hybridized carbons (Fsp3) is 0.158. The van der Waals surface area contributed by atoms with Gasteiger partial charge in [-0.2, -0.15) is 0 Å². The third-order valence-corrected chi connectivity index (χ3v) is 3.76. The van der Waals surface area contributed by atoms with Crippen LogP contribution in [0, 0.1) is 5.82 Å². The van der Waals surface area contributed by atoms with Gasteiger partial charge in [0.2, 0.25) is 0 Å². The van der Waals surface area contributed by atoms with Crippen LogP contribution in [0.15, 0.2) is 53.2 Å². The highest BCUT2D eigenvalue weighted by Crippen LogP contribution is 2.27. The first-order valence-electron chi connectivity index (χ1n) is 7.66. The van der Waals surface area contributed by atoms with Crippen molar-refractivity contribution in [2.45, 2.75) is 6.42 Å². The van der Waals surface area contributed by atoms with Crippen LogP contribution in [0.25, 0.3) is 6.08 Å². The van der Waals surface area contributed by atoms with E-state index in [-0.39, 0.29) is 17.4 Å². The van der Waals surface area contributed by atoms with Gasteiger partial charge in [-0.05, 0) is 42.0 Å². The maximum Gasteiger partial charge on any atom is 0.275 e. The number of benzene rings is 2. The van der Waals surface area contributed by atoms with Gasteiger partial charge in [0.05, 0.1) is 14.2 Å². The largest absolute Gasteiger partial charge is 0.497 e. The summed E-state index contributed by atoms with van der Waals surface area (Å²) in [6.45, 7) is 0. The van der Waals surface area contributed by atoms with Crippen molar-refractivity contribution in [3.63, 3.8) is 0 Å². The number of hydrogen-bond acceptors (Lipinski definition) is 4. The Morgan fingerprint density at radius 3 is 2.56 bits per heavy atom. The molecule has 1 N–H and O–H groups in total. The van der Waals surface area contributed by atoms with E-state index >= 15 is 0 Å². The summed E-state index contributed by atoms with van der Waals surface area (Å²) in [5.74, 6) is 1.20. The number of carbonyl (C=O) groups is 1. The highest BCUT2D eigenvalue weighted by molar-refractivity contribution is 6.14. The molecule has 25 heavy (non-hydrogen) atoms. The van der Waals surface area contributed by atoms with Gasteiger partial charge in [0.15, 0.2) is 0 Å². The molecule has 0 bridgehead atoms. The van der Waals surface area contributed by atoms with Crippen molar-refractivity contribution in [2.24, 2.45) is 4.99 Å². The molecule has 0 saturated heterocycles. The Bertz CT molecular complexity index is 857. The van der Waals surface area contributed by atoms with E-state index < -0.39 is 0 Å². The van der Waals surface area contributed by atoms with Crippen LogP contribution in [0.3, 0.4) is 0 Å². The van der Waals surface area contributed by atoms with Gasteiger partial charge in [-0.25, -0.2) is 9.38 Å². The molecule has 0 aromatic heterocycles. The molecule has 1 amide bonds. The lowest BCUT2D eigenvalue weighted by Gasteiger charge is -2.07. The Morgan fingerprint density at radius 1 is 1.12 bits per heavy atom. The zero-order valence-corrected chi connectivity index (χ0v) is 13.9. The van der Waals surface area contributed by atoms with Crippen LogP contribution in [-0.2, 0) is 11.2 Å². The number of rotatable bonds is 5. The molecule has 0 radical (unpaired) electrons. The minimum Gasteiger partial charge on any atom is -0.497 e. The summed E-state index contributed by atoms with van der Waals surface area (Å²) in [5, 5.41) is 2.73. The maximum absolute atomic E-state index is 13.0. The molecule has 0 unspecified atom stereocenters. The molecule has 0 aliphatic carbocycles. The first-order valence-corrected chi connectivity index (χ1v) is 7.66. The van der Waals surface area contributed by atoms with E-state index in [9.17, 15) is 9.18 Å². The molecule has 0 atom stereocenters. The van der Waals surface area contributed by atoms with Gasteiger partial charge in [-0.1, -0.05) is 12.1 Å². The highest BCUT2D eigenvalue weighted by atomic mass is 19.1. The van der Waals surface area contributed by atoms with Crippen molar-refractivity contribution >= 4 is 17.8 Å². The number of methoxy groups -OCH3 is 2. The normalized spacial score (nSPS) is 15.1. The fourth-order valence-electron chi connectivity index (χ4n) is 2.50. The van der Waals surface area contributed by atoms with Crippen LogP contribution in [0.1, 0.15) is 11.1 Å². The summed E-state index contributed by atoms with van der Waals surface area (Å²) in [5.41, 5.74) is 1.84. The molecule has 1 aliphatic rings. The van der Waals surface area contributed by atoms with Crippen LogP contribution in [0.2, 0.25) is 0 Å². The molecule has 1 aliphatic heterocycles. The number of hydrogen-bond donors (Lipinski definition) is 1. The van der Waals surface area contributed by atoms with Crippen molar-refractivity contribution in [2.75, 3.05) is 14.2 Å². The minimum atomic E-state index is -0.299. The van der Waals surface area contributed by atoms with Crippen LogP contribution in [0.4, 0.5) is 4.39 Å². The first kappa shape index (κ1) is 16.7. The molecule has 6 heteroatoms. The molecule has 2 aromatic rings. The number of amidine groups is 1. The van der Waals surface area contributed by atoms with Gasteiger partial charge in [0.25, 0.3) is 5.91 Å². The quantitative estimate of drug-likeness (QED) is 0.852. The standard InChI is InChI=1S/C19H17FN2O3/c1-24-15-7-8-17(25-2)13(10-15)11-16-19(23)22-18(21-16)9-12-3-5-14(20)6-4-12/h3-8,10-11H,9H2,1-2H3,(H,21,22,23)/b16-11-. The van der Waals surface area contributed by atoms with E-state index in [1.807, 2.05) is 0 Å². The minimum absolute atomic E-state index is 0.281. The molecule has 0 saturated carbocycles. The number of carbonyl (C=O) groups excluding carboxylic acids is 1. The third kappa shape index (κ3) is 3.85. The van der Waals surface area contributed by atoms with E-state index in [2.05, 4.69) is 10.3 Å². The molecule has 0 spiro atoms. The molecule has 128 valence electrons. The summed E-state index contributed by atoms with van der Waals surface area (Å²) in [4.78, 5) is 16.5. The fourth-order valence-corrected chi connectivity index (χ4v) is 2.50. The Balaban J connectivity index is 1.87. The Hall–Kier alpha value is -3.15. The Morgan fingerprint density at radius 2 is 1.88 bits per heavy atom. The number of ether oxygens (including phenoxy) is 2. The molecule has 5 nitrogen and oxygen atoms in total. The second-order valence-corrected chi connectivity index (χ2v) is 5.45. The van der Waals surface area contributed by atoms with Crippen LogP contribution < -0.4 is 14.8 Å². The van der Waals surface area contributed by atoms with Gasteiger partial charge >= 0.3 is 0 Å². The van der Waals surface area contributed by atoms with E-state index in [1.165, 1.54) is 12.1 Å². The molecule has 0 fully saturated rings. The zero-order valence-electron chi connectivity index (χ0n) is 13.9. The number of nitrogens with one attached hydrogen (secondary N) is 1. The van der Waals surface area contributed by atoms with E-state index in [0.717, 1.165) is 5.56 Å². The SMILES string of the molecule is COc1ccc(OC)c(/C=C2\N=C(Cc3ccc(F)cc3)NC2=O)c1. The number of halogens is 1.